The number of rotatable bonds is 5. The Hall–Kier alpha value is -2.47. The Labute approximate surface area is 139 Å². The topological polar surface area (TPSA) is 66.3 Å². The summed E-state index contributed by atoms with van der Waals surface area (Å²) >= 11 is 0. The minimum atomic E-state index is -0.119. The van der Waals surface area contributed by atoms with E-state index in [1.54, 1.807) is 20.5 Å². The number of benzene rings is 1. The van der Waals surface area contributed by atoms with E-state index in [0.717, 1.165) is 10.8 Å². The Morgan fingerprint density at radius 2 is 1.83 bits per heavy atom. The molecule has 0 unspecified atom stereocenters. The number of hydrogen-bond donors (Lipinski definition) is 0. The van der Waals surface area contributed by atoms with Gasteiger partial charge in [0.1, 0.15) is 24.0 Å². The van der Waals surface area contributed by atoms with Gasteiger partial charge in [-0.25, -0.2) is 4.98 Å². The van der Waals surface area contributed by atoms with Crippen LogP contribution in [0, 0.1) is 0 Å². The monoisotopic (exact) mass is 329 g/mol. The molecule has 1 aromatic carbocycles. The second kappa shape index (κ2) is 5.27. The van der Waals surface area contributed by atoms with Crippen molar-refractivity contribution in [3.8, 4) is 17.2 Å². The highest BCUT2D eigenvalue weighted by atomic mass is 16.6. The van der Waals surface area contributed by atoms with Crippen molar-refractivity contribution >= 4 is 22.0 Å². The lowest BCUT2D eigenvalue weighted by atomic mass is 10.1. The van der Waals surface area contributed by atoms with Crippen LogP contribution >= 0.6 is 0 Å². The van der Waals surface area contributed by atoms with Crippen molar-refractivity contribution in [2.45, 2.75) is 25.6 Å². The molecule has 3 heterocycles. The number of pyridine rings is 1. The molecular formula is C18H19NO5. The smallest absolute Gasteiger partial charge is 0.230 e. The van der Waals surface area contributed by atoms with Crippen LogP contribution in [0.4, 0.5) is 0 Å². The van der Waals surface area contributed by atoms with E-state index in [1.807, 2.05) is 32.0 Å². The molecule has 1 saturated heterocycles. The van der Waals surface area contributed by atoms with E-state index in [0.29, 0.717) is 35.1 Å². The van der Waals surface area contributed by atoms with Crippen LogP contribution in [0.5, 0.6) is 17.2 Å². The van der Waals surface area contributed by atoms with E-state index in [2.05, 4.69) is 4.98 Å². The molecule has 1 aliphatic rings. The van der Waals surface area contributed by atoms with Crippen molar-refractivity contribution in [3.63, 3.8) is 0 Å². The summed E-state index contributed by atoms with van der Waals surface area (Å²) in [5, 5.41) is 1.67. The Bertz CT molecular complexity index is 915. The van der Waals surface area contributed by atoms with Crippen molar-refractivity contribution in [1.82, 2.24) is 4.98 Å². The maximum Gasteiger partial charge on any atom is 0.230 e. The van der Waals surface area contributed by atoms with Crippen LogP contribution < -0.4 is 14.2 Å². The van der Waals surface area contributed by atoms with Crippen LogP contribution in [-0.4, -0.2) is 37.5 Å². The fourth-order valence-corrected chi connectivity index (χ4v) is 2.92. The zero-order valence-corrected chi connectivity index (χ0v) is 14.1. The summed E-state index contributed by atoms with van der Waals surface area (Å²) in [4.78, 5) is 4.57. The molecule has 0 aliphatic carbocycles. The Morgan fingerprint density at radius 3 is 2.50 bits per heavy atom. The largest absolute Gasteiger partial charge is 0.495 e. The molecule has 24 heavy (non-hydrogen) atoms. The Kier molecular flexibility index (Phi) is 3.31. The highest BCUT2D eigenvalue weighted by molar-refractivity contribution is 6.02. The first-order chi connectivity index (χ1) is 11.5. The summed E-state index contributed by atoms with van der Waals surface area (Å²) in [6.45, 7) is 4.55. The molecule has 4 rings (SSSR count). The summed E-state index contributed by atoms with van der Waals surface area (Å²) in [5.41, 5.74) is 1.03. The van der Waals surface area contributed by atoms with Gasteiger partial charge < -0.3 is 23.4 Å². The van der Waals surface area contributed by atoms with E-state index in [4.69, 9.17) is 23.4 Å². The second-order valence-corrected chi connectivity index (χ2v) is 6.30. The summed E-state index contributed by atoms with van der Waals surface area (Å²) in [6, 6.07) is 5.63. The molecule has 6 heteroatoms. The molecule has 1 atom stereocenters. The zero-order chi connectivity index (χ0) is 16.9. The van der Waals surface area contributed by atoms with Crippen molar-refractivity contribution < 1.29 is 23.4 Å². The molecule has 0 radical (unpaired) electrons. The average molecular weight is 329 g/mol. The highest BCUT2D eigenvalue weighted by Gasteiger charge is 2.48. The van der Waals surface area contributed by atoms with Gasteiger partial charge >= 0.3 is 0 Å². The van der Waals surface area contributed by atoms with E-state index < -0.39 is 0 Å². The molecule has 1 fully saturated rings. The van der Waals surface area contributed by atoms with Gasteiger partial charge in [0.25, 0.3) is 0 Å². The van der Waals surface area contributed by atoms with Crippen LogP contribution in [0.1, 0.15) is 13.8 Å². The first-order valence-electron chi connectivity index (χ1n) is 7.77. The number of ether oxygens (including phenoxy) is 4. The summed E-state index contributed by atoms with van der Waals surface area (Å²) in [7, 11) is 3.23. The number of fused-ring (bicyclic) bond motifs is 2. The number of hydrogen-bond acceptors (Lipinski definition) is 6. The van der Waals surface area contributed by atoms with Crippen LogP contribution in [-0.2, 0) is 4.74 Å². The van der Waals surface area contributed by atoms with Crippen molar-refractivity contribution in [2.24, 2.45) is 0 Å². The van der Waals surface area contributed by atoms with Gasteiger partial charge in [0.15, 0.2) is 11.5 Å². The van der Waals surface area contributed by atoms with Gasteiger partial charge in [-0.3, -0.25) is 0 Å². The molecule has 3 aromatic rings. The maximum atomic E-state index is 5.90. The van der Waals surface area contributed by atoms with Gasteiger partial charge in [0.05, 0.1) is 31.5 Å². The summed E-state index contributed by atoms with van der Waals surface area (Å²) < 4.78 is 28.0. The number of furan rings is 1. The van der Waals surface area contributed by atoms with E-state index >= 15 is 0 Å². The van der Waals surface area contributed by atoms with E-state index in [9.17, 15) is 0 Å². The molecule has 0 amide bonds. The highest BCUT2D eigenvalue weighted by Crippen LogP contribution is 2.42. The van der Waals surface area contributed by atoms with Gasteiger partial charge in [-0.2, -0.15) is 0 Å². The lowest BCUT2D eigenvalue weighted by molar-refractivity contribution is 0.246. The van der Waals surface area contributed by atoms with E-state index in [1.165, 1.54) is 0 Å². The Balaban J connectivity index is 1.80. The maximum absolute atomic E-state index is 5.90. The molecule has 6 nitrogen and oxygen atoms in total. The normalized spacial score (nSPS) is 18.8. The van der Waals surface area contributed by atoms with E-state index in [-0.39, 0.29) is 11.7 Å². The SMILES string of the molecule is COc1c2ccoc2nc2c(OC)c(OC[C@H]3OC3(C)C)ccc12. The third-order valence-corrected chi connectivity index (χ3v) is 4.41. The first kappa shape index (κ1) is 15.1. The van der Waals surface area contributed by atoms with Gasteiger partial charge in [0.2, 0.25) is 5.71 Å². The third-order valence-electron chi connectivity index (χ3n) is 4.41. The summed E-state index contributed by atoms with van der Waals surface area (Å²) in [5.74, 6) is 1.89. The van der Waals surface area contributed by atoms with Crippen LogP contribution in [0.3, 0.4) is 0 Å². The third kappa shape index (κ3) is 2.26. The van der Waals surface area contributed by atoms with Crippen LogP contribution in [0.2, 0.25) is 0 Å². The predicted molar refractivity (Wildman–Crippen MR) is 89.1 cm³/mol. The first-order valence-corrected chi connectivity index (χ1v) is 7.77. The molecule has 126 valence electrons. The lowest BCUT2D eigenvalue weighted by Gasteiger charge is -2.14. The molecule has 0 bridgehead atoms. The number of aromatic nitrogens is 1. The van der Waals surface area contributed by atoms with Crippen LogP contribution in [0.25, 0.3) is 22.0 Å². The molecule has 0 saturated carbocycles. The van der Waals surface area contributed by atoms with Gasteiger partial charge in [-0.05, 0) is 32.0 Å². The predicted octanol–water partition coefficient (Wildman–Crippen LogP) is 3.55. The quantitative estimate of drug-likeness (QED) is 0.667. The summed E-state index contributed by atoms with van der Waals surface area (Å²) in [6.07, 6.45) is 1.68. The molecule has 0 N–H and O–H groups in total. The minimum absolute atomic E-state index is 0.0907. The average Bonchev–Trinajstić information content (AvgIpc) is 2.95. The zero-order valence-electron chi connectivity index (χ0n) is 14.1. The molecule has 1 aliphatic heterocycles. The minimum Gasteiger partial charge on any atom is -0.495 e. The van der Waals surface area contributed by atoms with Gasteiger partial charge in [-0.1, -0.05) is 0 Å². The Morgan fingerprint density at radius 1 is 1.08 bits per heavy atom. The number of epoxide rings is 1. The van der Waals surface area contributed by atoms with Crippen LogP contribution in [0.15, 0.2) is 28.9 Å². The molecular weight excluding hydrogens is 310 g/mol. The van der Waals surface area contributed by atoms with Crippen molar-refractivity contribution in [2.75, 3.05) is 20.8 Å². The number of methoxy groups -OCH3 is 2. The molecule has 0 spiro atoms. The number of nitrogens with zero attached hydrogens (tertiary/aromatic N) is 1. The molecule has 2 aromatic heterocycles. The fraction of sp³-hybridized carbons (Fsp3) is 0.389. The van der Waals surface area contributed by atoms with Crippen molar-refractivity contribution in [1.29, 1.82) is 0 Å². The fourth-order valence-electron chi connectivity index (χ4n) is 2.92. The standard InChI is InChI=1S/C18H19NO5/c1-18(2)13(24-18)9-23-12-6-5-10-14(16(12)21-4)19-17-11(7-8-22-17)15(10)20-3/h5-8,13H,9H2,1-4H3/t13-/m1/s1. The van der Waals surface area contributed by atoms with Gasteiger partial charge in [-0.15, -0.1) is 0 Å². The second-order valence-electron chi connectivity index (χ2n) is 6.30. The van der Waals surface area contributed by atoms with Gasteiger partial charge in [0, 0.05) is 5.39 Å². The van der Waals surface area contributed by atoms with Crippen molar-refractivity contribution in [3.05, 3.63) is 24.5 Å². The lowest BCUT2D eigenvalue weighted by Crippen LogP contribution is -2.12.